The topological polar surface area (TPSA) is 60.9 Å². The number of carbonyl (C=O) groups excluding carboxylic acids is 2. The molecular weight excluding hydrogens is 348 g/mol. The molecule has 0 unspecified atom stereocenters. The van der Waals surface area contributed by atoms with Gasteiger partial charge in [-0.2, -0.15) is 0 Å². The predicted octanol–water partition coefficient (Wildman–Crippen LogP) is 2.20. The number of β-amino-alcohol motifs (C(OH)–C–C–N with tert-alkyl or cyclic N) is 1. The number of nitrogens with zero attached hydrogens (tertiary/aromatic N) is 2. The van der Waals surface area contributed by atoms with E-state index in [2.05, 4.69) is 17.0 Å². The molecule has 1 amide bonds. The Morgan fingerprint density at radius 2 is 1.92 bits per heavy atom. The van der Waals surface area contributed by atoms with Crippen molar-refractivity contribution in [3.8, 4) is 0 Å². The van der Waals surface area contributed by atoms with Gasteiger partial charge in [0.15, 0.2) is 5.78 Å². The molecule has 1 saturated heterocycles. The van der Waals surface area contributed by atoms with Gasteiger partial charge in [0.05, 0.1) is 17.4 Å². The van der Waals surface area contributed by atoms with Gasteiger partial charge in [-0.3, -0.25) is 14.5 Å². The minimum Gasteiger partial charge on any atom is -0.390 e. The molecule has 0 bridgehead atoms. The van der Waals surface area contributed by atoms with E-state index in [4.69, 9.17) is 0 Å². The van der Waals surface area contributed by atoms with Gasteiger partial charge < -0.3 is 10.0 Å². The van der Waals surface area contributed by atoms with E-state index in [0.717, 1.165) is 18.7 Å². The minimum atomic E-state index is -0.555. The van der Waals surface area contributed by atoms with E-state index in [9.17, 15) is 14.7 Å². The van der Waals surface area contributed by atoms with Crippen LogP contribution in [0.3, 0.4) is 0 Å². The first-order valence-electron chi connectivity index (χ1n) is 8.81. The van der Waals surface area contributed by atoms with E-state index < -0.39 is 6.10 Å². The van der Waals surface area contributed by atoms with Gasteiger partial charge in [-0.1, -0.05) is 30.3 Å². The Bertz CT molecular complexity index is 759. The van der Waals surface area contributed by atoms with E-state index in [1.807, 2.05) is 23.6 Å². The third-order valence-electron chi connectivity index (χ3n) is 4.54. The summed E-state index contributed by atoms with van der Waals surface area (Å²) in [4.78, 5) is 28.6. The largest absolute Gasteiger partial charge is 0.390 e. The normalized spacial score (nSPS) is 18.5. The summed E-state index contributed by atoms with van der Waals surface area (Å²) in [6.45, 7) is 4.56. The third kappa shape index (κ3) is 5.00. The Kier molecular flexibility index (Phi) is 6.19. The Labute approximate surface area is 157 Å². The average molecular weight is 372 g/mol. The fourth-order valence-corrected chi connectivity index (χ4v) is 4.02. The zero-order valence-electron chi connectivity index (χ0n) is 14.9. The van der Waals surface area contributed by atoms with Crippen molar-refractivity contribution in [2.75, 3.05) is 26.2 Å². The summed E-state index contributed by atoms with van der Waals surface area (Å²) in [6, 6.07) is 11.9. The number of ketones is 1. The maximum absolute atomic E-state index is 12.6. The van der Waals surface area contributed by atoms with Crippen LogP contribution < -0.4 is 0 Å². The fraction of sp³-hybridized carbons (Fsp3) is 0.400. The van der Waals surface area contributed by atoms with Gasteiger partial charge in [-0.05, 0) is 29.5 Å². The molecule has 0 aliphatic carbocycles. The van der Waals surface area contributed by atoms with E-state index in [1.54, 1.807) is 11.0 Å². The van der Waals surface area contributed by atoms with Gasteiger partial charge in [0, 0.05) is 32.7 Å². The molecular formula is C20H24N2O3S. The number of carbonyl (C=O) groups is 2. The molecule has 3 rings (SSSR count). The number of aliphatic hydroxyl groups is 1. The van der Waals surface area contributed by atoms with Crippen LogP contribution in [0.2, 0.25) is 0 Å². The first kappa shape index (κ1) is 18.8. The van der Waals surface area contributed by atoms with Crippen molar-refractivity contribution in [3.63, 3.8) is 0 Å². The summed E-state index contributed by atoms with van der Waals surface area (Å²) < 4.78 is 0. The number of hydrogen-bond donors (Lipinski definition) is 1. The second-order valence-corrected chi connectivity index (χ2v) is 7.68. The summed E-state index contributed by atoms with van der Waals surface area (Å²) in [7, 11) is 0. The Morgan fingerprint density at radius 3 is 2.62 bits per heavy atom. The van der Waals surface area contributed by atoms with Gasteiger partial charge in [0.2, 0.25) is 5.91 Å². The number of rotatable bonds is 5. The monoisotopic (exact) mass is 372 g/mol. The fourth-order valence-electron chi connectivity index (χ4n) is 3.21. The van der Waals surface area contributed by atoms with E-state index in [0.29, 0.717) is 24.5 Å². The van der Waals surface area contributed by atoms with Crippen molar-refractivity contribution < 1.29 is 14.7 Å². The zero-order chi connectivity index (χ0) is 18.5. The zero-order valence-corrected chi connectivity index (χ0v) is 15.7. The minimum absolute atomic E-state index is 0.00138. The molecule has 2 heterocycles. The number of thiophene rings is 1. The van der Waals surface area contributed by atoms with Crippen LogP contribution in [0.4, 0.5) is 0 Å². The maximum Gasteiger partial charge on any atom is 0.227 e. The Hall–Kier alpha value is -2.02. The van der Waals surface area contributed by atoms with E-state index in [-0.39, 0.29) is 18.1 Å². The lowest BCUT2D eigenvalue weighted by atomic mass is 10.2. The molecule has 1 aromatic heterocycles. The Balaban J connectivity index is 1.58. The predicted molar refractivity (Wildman–Crippen MR) is 102 cm³/mol. The number of aliphatic hydroxyl groups excluding tert-OH is 1. The molecule has 0 radical (unpaired) electrons. The van der Waals surface area contributed by atoms with Crippen LogP contribution in [0.25, 0.3) is 0 Å². The first-order valence-corrected chi connectivity index (χ1v) is 9.69. The van der Waals surface area contributed by atoms with Crippen LogP contribution in [0.15, 0.2) is 41.8 Å². The van der Waals surface area contributed by atoms with Crippen molar-refractivity contribution in [2.24, 2.45) is 0 Å². The molecule has 1 aliphatic heterocycles. The summed E-state index contributed by atoms with van der Waals surface area (Å²) in [5.41, 5.74) is 2.07. The van der Waals surface area contributed by atoms with Crippen molar-refractivity contribution in [1.29, 1.82) is 0 Å². The first-order chi connectivity index (χ1) is 12.5. The lowest BCUT2D eigenvalue weighted by molar-refractivity contribution is -0.131. The summed E-state index contributed by atoms with van der Waals surface area (Å²) >= 11 is 1.37. The van der Waals surface area contributed by atoms with Crippen LogP contribution in [0.1, 0.15) is 27.7 Å². The van der Waals surface area contributed by atoms with Crippen molar-refractivity contribution in [2.45, 2.75) is 26.0 Å². The smallest absolute Gasteiger partial charge is 0.227 e. The van der Waals surface area contributed by atoms with Crippen LogP contribution >= 0.6 is 11.3 Å². The van der Waals surface area contributed by atoms with Crippen molar-refractivity contribution in [1.82, 2.24) is 9.80 Å². The molecule has 1 aromatic carbocycles. The van der Waals surface area contributed by atoms with Gasteiger partial charge in [0.1, 0.15) is 0 Å². The second kappa shape index (κ2) is 8.58. The van der Waals surface area contributed by atoms with Crippen LogP contribution in [-0.2, 0) is 17.8 Å². The number of benzene rings is 1. The SMILES string of the molecule is CC(=O)c1cc(CC(=O)N2CCN(Cc3ccccc3)C[C@H](O)C2)cs1. The van der Waals surface area contributed by atoms with Crippen molar-refractivity contribution in [3.05, 3.63) is 57.8 Å². The number of amides is 1. The summed E-state index contributed by atoms with van der Waals surface area (Å²) in [5, 5.41) is 12.2. The number of hydrogen-bond acceptors (Lipinski definition) is 5. The molecule has 1 fully saturated rings. The van der Waals surface area contributed by atoms with E-state index in [1.165, 1.54) is 23.8 Å². The van der Waals surface area contributed by atoms with Crippen LogP contribution in [-0.4, -0.2) is 58.9 Å². The average Bonchev–Trinajstić information content (AvgIpc) is 2.99. The van der Waals surface area contributed by atoms with Gasteiger partial charge in [-0.25, -0.2) is 0 Å². The van der Waals surface area contributed by atoms with Gasteiger partial charge >= 0.3 is 0 Å². The Morgan fingerprint density at radius 1 is 1.15 bits per heavy atom. The highest BCUT2D eigenvalue weighted by molar-refractivity contribution is 7.12. The quantitative estimate of drug-likeness (QED) is 0.818. The lowest BCUT2D eigenvalue weighted by Gasteiger charge is -2.21. The third-order valence-corrected chi connectivity index (χ3v) is 5.62. The second-order valence-electron chi connectivity index (χ2n) is 6.77. The highest BCUT2D eigenvalue weighted by Crippen LogP contribution is 2.17. The maximum atomic E-state index is 12.6. The molecule has 1 aliphatic rings. The molecule has 2 aromatic rings. The standard InChI is InChI=1S/C20H24N2O3S/c1-15(23)19-9-17(14-26-19)10-20(25)22-8-7-21(12-18(24)13-22)11-16-5-3-2-4-6-16/h2-6,9,14,18,24H,7-8,10-13H2,1H3/t18-/m0/s1. The van der Waals surface area contributed by atoms with Gasteiger partial charge in [-0.15, -0.1) is 11.3 Å². The highest BCUT2D eigenvalue weighted by atomic mass is 32.1. The van der Waals surface area contributed by atoms with Gasteiger partial charge in [0.25, 0.3) is 0 Å². The van der Waals surface area contributed by atoms with Crippen molar-refractivity contribution >= 4 is 23.0 Å². The molecule has 6 heteroatoms. The summed E-state index contributed by atoms with van der Waals surface area (Å²) in [5.74, 6) is 0.0222. The molecule has 0 spiro atoms. The molecule has 1 atom stereocenters. The molecule has 138 valence electrons. The molecule has 5 nitrogen and oxygen atoms in total. The van der Waals surface area contributed by atoms with Crippen LogP contribution in [0, 0.1) is 0 Å². The lowest BCUT2D eigenvalue weighted by Crippen LogP contribution is -2.38. The van der Waals surface area contributed by atoms with Crippen LogP contribution in [0.5, 0.6) is 0 Å². The summed E-state index contributed by atoms with van der Waals surface area (Å²) in [6.07, 6.45) is -0.282. The highest BCUT2D eigenvalue weighted by Gasteiger charge is 2.24. The van der Waals surface area contributed by atoms with E-state index >= 15 is 0 Å². The number of Topliss-reactive ketones (excluding diaryl/α,β-unsaturated/α-hetero) is 1. The molecule has 0 saturated carbocycles. The molecule has 1 N–H and O–H groups in total. The molecule has 26 heavy (non-hydrogen) atoms.